The van der Waals surface area contributed by atoms with Gasteiger partial charge in [-0.25, -0.2) is 9.97 Å². The Balaban J connectivity index is 2.11. The molecule has 0 fully saturated rings. The number of carbonyl (C=O) groups is 2. The van der Waals surface area contributed by atoms with Crippen molar-refractivity contribution in [3.05, 3.63) is 41.7 Å². The van der Waals surface area contributed by atoms with Crippen LogP contribution in [0.2, 0.25) is 0 Å². The van der Waals surface area contributed by atoms with E-state index in [0.717, 1.165) is 16.5 Å². The van der Waals surface area contributed by atoms with Crippen LogP contribution in [0, 0.1) is 13.8 Å². The number of hydrogen-bond donors (Lipinski definition) is 0. The molecule has 7 nitrogen and oxygen atoms in total. The van der Waals surface area contributed by atoms with Gasteiger partial charge < -0.3 is 9.30 Å². The van der Waals surface area contributed by atoms with Crippen molar-refractivity contribution in [3.8, 4) is 11.3 Å². The predicted molar refractivity (Wildman–Crippen MR) is 106 cm³/mol. The fourth-order valence-electron chi connectivity index (χ4n) is 3.11. The fourth-order valence-corrected chi connectivity index (χ4v) is 3.11. The first-order valence-electron chi connectivity index (χ1n) is 9.07. The minimum Gasteiger partial charge on any atom is -0.459 e. The third-order valence-electron chi connectivity index (χ3n) is 4.20. The average Bonchev–Trinajstić information content (AvgIpc) is 2.92. The van der Waals surface area contributed by atoms with Crippen LogP contribution in [0.5, 0.6) is 0 Å². The van der Waals surface area contributed by atoms with Crippen LogP contribution in [-0.2, 0) is 16.1 Å². The molecular weight excluding hydrogens is 356 g/mol. The van der Waals surface area contributed by atoms with Crippen LogP contribution in [0.4, 0.5) is 0 Å². The highest BCUT2D eigenvalue weighted by atomic mass is 16.6. The third kappa shape index (κ3) is 4.08. The van der Waals surface area contributed by atoms with E-state index in [1.54, 1.807) is 23.2 Å². The van der Waals surface area contributed by atoms with Crippen molar-refractivity contribution in [2.45, 2.75) is 53.7 Å². The number of hydrogen-bond acceptors (Lipinski definition) is 6. The van der Waals surface area contributed by atoms with Crippen molar-refractivity contribution < 1.29 is 14.3 Å². The van der Waals surface area contributed by atoms with Crippen LogP contribution in [0.25, 0.3) is 22.2 Å². The summed E-state index contributed by atoms with van der Waals surface area (Å²) in [4.78, 5) is 37.6. The molecule has 3 heterocycles. The van der Waals surface area contributed by atoms with Gasteiger partial charge in [-0.1, -0.05) is 0 Å². The second-order valence-electron chi connectivity index (χ2n) is 7.82. The van der Waals surface area contributed by atoms with Gasteiger partial charge in [0.15, 0.2) is 5.78 Å². The van der Waals surface area contributed by atoms with Gasteiger partial charge in [0.2, 0.25) is 0 Å². The Morgan fingerprint density at radius 2 is 1.79 bits per heavy atom. The lowest BCUT2D eigenvalue weighted by molar-refractivity contribution is -0.155. The molecule has 3 aromatic heterocycles. The normalized spacial score (nSPS) is 11.6. The first kappa shape index (κ1) is 19.7. The summed E-state index contributed by atoms with van der Waals surface area (Å²) < 4.78 is 7.16. The number of pyridine rings is 1. The molecule has 0 N–H and O–H groups in total. The number of ether oxygens (including phenoxy) is 1. The second kappa shape index (κ2) is 7.14. The number of carbonyl (C=O) groups excluding carboxylic acids is 2. The number of nitrogens with zero attached hydrogens (tertiary/aromatic N) is 4. The minimum absolute atomic E-state index is 0.0105. The van der Waals surface area contributed by atoms with Gasteiger partial charge in [-0.2, -0.15) is 0 Å². The molecule has 146 valence electrons. The minimum atomic E-state index is -0.574. The van der Waals surface area contributed by atoms with Gasteiger partial charge in [0.05, 0.1) is 16.9 Å². The summed E-state index contributed by atoms with van der Waals surface area (Å²) in [5, 5.41) is 0.749. The maximum atomic E-state index is 12.3. The molecule has 0 spiro atoms. The van der Waals surface area contributed by atoms with E-state index in [2.05, 4.69) is 15.0 Å². The number of Topliss-reactive ketones (excluding diaryl/α,β-unsaturated/α-hetero) is 1. The predicted octanol–water partition coefficient (Wildman–Crippen LogP) is 3.65. The molecule has 0 amide bonds. The van der Waals surface area contributed by atoms with Crippen LogP contribution in [0.3, 0.4) is 0 Å². The van der Waals surface area contributed by atoms with E-state index in [0.29, 0.717) is 22.8 Å². The monoisotopic (exact) mass is 380 g/mol. The summed E-state index contributed by atoms with van der Waals surface area (Å²) in [6.45, 7) is 10.7. The number of rotatable bonds is 4. The van der Waals surface area contributed by atoms with Crippen molar-refractivity contribution in [3.63, 3.8) is 0 Å². The maximum absolute atomic E-state index is 12.3. The number of fused-ring (bicyclic) bond motifs is 1. The first-order chi connectivity index (χ1) is 13.0. The number of esters is 1. The number of aryl methyl sites for hydroxylation is 2. The van der Waals surface area contributed by atoms with Crippen LogP contribution < -0.4 is 0 Å². The van der Waals surface area contributed by atoms with Gasteiger partial charge >= 0.3 is 5.97 Å². The highest BCUT2D eigenvalue weighted by Crippen LogP contribution is 2.29. The molecule has 0 unspecified atom stereocenters. The van der Waals surface area contributed by atoms with Gasteiger partial charge in [0, 0.05) is 35.1 Å². The van der Waals surface area contributed by atoms with Gasteiger partial charge in [0.1, 0.15) is 18.0 Å². The molecule has 0 atom stereocenters. The van der Waals surface area contributed by atoms with Crippen LogP contribution >= 0.6 is 0 Å². The second-order valence-corrected chi connectivity index (χ2v) is 7.82. The lowest BCUT2D eigenvalue weighted by atomic mass is 10.1. The SMILES string of the molecule is CC(=O)c1cn(CC(=O)OC(C)(C)C)c2c(C)nc(-c3cnc(C)nc3)cc12. The zero-order chi connectivity index (χ0) is 20.6. The smallest absolute Gasteiger partial charge is 0.326 e. The third-order valence-corrected chi connectivity index (χ3v) is 4.20. The Kier molecular flexibility index (Phi) is 5.02. The summed E-state index contributed by atoms with van der Waals surface area (Å²) in [5.41, 5.74) is 2.87. The average molecular weight is 380 g/mol. The summed E-state index contributed by atoms with van der Waals surface area (Å²) in [7, 11) is 0. The zero-order valence-corrected chi connectivity index (χ0v) is 17.0. The highest BCUT2D eigenvalue weighted by molar-refractivity contribution is 6.08. The summed E-state index contributed by atoms with van der Waals surface area (Å²) in [5.74, 6) is 0.231. The standard InChI is InChI=1S/C21H24N4O3/c1-12-20-16(7-18(24-12)15-8-22-14(3)23-9-15)17(13(2)26)10-25(20)11-19(27)28-21(4,5)6/h7-10H,11H2,1-6H3. The van der Waals surface area contributed by atoms with E-state index in [1.807, 2.05) is 40.7 Å². The molecule has 3 rings (SSSR count). The maximum Gasteiger partial charge on any atom is 0.326 e. The Labute approximate surface area is 163 Å². The quantitative estimate of drug-likeness (QED) is 0.507. The van der Waals surface area contributed by atoms with Crippen molar-refractivity contribution in [2.24, 2.45) is 0 Å². The molecule has 7 heteroatoms. The molecule has 3 aromatic rings. The summed E-state index contributed by atoms with van der Waals surface area (Å²) in [6.07, 6.45) is 5.11. The molecule has 0 saturated heterocycles. The largest absolute Gasteiger partial charge is 0.459 e. The van der Waals surface area contributed by atoms with Gasteiger partial charge in [0.25, 0.3) is 0 Å². The Bertz CT molecular complexity index is 1060. The van der Waals surface area contributed by atoms with Gasteiger partial charge in [-0.05, 0) is 47.6 Å². The fraction of sp³-hybridized carbons (Fsp3) is 0.381. The first-order valence-corrected chi connectivity index (χ1v) is 9.07. The van der Waals surface area contributed by atoms with E-state index in [9.17, 15) is 9.59 Å². The van der Waals surface area contributed by atoms with Crippen LogP contribution in [0.15, 0.2) is 24.7 Å². The van der Waals surface area contributed by atoms with Crippen molar-refractivity contribution in [2.75, 3.05) is 0 Å². The molecule has 0 saturated carbocycles. The van der Waals surface area contributed by atoms with E-state index < -0.39 is 5.60 Å². The number of aromatic nitrogens is 4. The topological polar surface area (TPSA) is 87.0 Å². The molecule has 0 aromatic carbocycles. The van der Waals surface area contributed by atoms with E-state index in [-0.39, 0.29) is 18.3 Å². The van der Waals surface area contributed by atoms with Crippen LogP contribution in [-0.4, -0.2) is 36.9 Å². The van der Waals surface area contributed by atoms with E-state index in [1.165, 1.54) is 6.92 Å². The molecular formula is C21H24N4O3. The summed E-state index contributed by atoms with van der Waals surface area (Å²) >= 11 is 0. The van der Waals surface area contributed by atoms with Crippen molar-refractivity contribution >= 4 is 22.7 Å². The van der Waals surface area contributed by atoms with E-state index >= 15 is 0 Å². The van der Waals surface area contributed by atoms with Gasteiger partial charge in [-0.3, -0.25) is 14.6 Å². The van der Waals surface area contributed by atoms with E-state index in [4.69, 9.17) is 4.74 Å². The lowest BCUT2D eigenvalue weighted by Gasteiger charge is -2.20. The molecule has 0 aliphatic carbocycles. The highest BCUT2D eigenvalue weighted by Gasteiger charge is 2.21. The van der Waals surface area contributed by atoms with Gasteiger partial charge in [-0.15, -0.1) is 0 Å². The summed E-state index contributed by atoms with van der Waals surface area (Å²) in [6, 6.07) is 1.85. The Morgan fingerprint density at radius 1 is 1.14 bits per heavy atom. The lowest BCUT2D eigenvalue weighted by Crippen LogP contribution is -2.26. The Hall–Kier alpha value is -3.09. The van der Waals surface area contributed by atoms with Crippen LogP contribution in [0.1, 0.15) is 49.6 Å². The zero-order valence-electron chi connectivity index (χ0n) is 17.0. The Morgan fingerprint density at radius 3 is 2.36 bits per heavy atom. The van der Waals surface area contributed by atoms with Crippen molar-refractivity contribution in [1.29, 1.82) is 0 Å². The molecule has 0 radical (unpaired) electrons. The molecule has 0 aliphatic rings. The number of ketones is 1. The molecule has 0 bridgehead atoms. The molecule has 28 heavy (non-hydrogen) atoms. The van der Waals surface area contributed by atoms with Crippen molar-refractivity contribution in [1.82, 2.24) is 19.5 Å². The molecule has 0 aliphatic heterocycles.